The normalized spacial score (nSPS) is 37.2. The molecule has 2 saturated heterocycles. The summed E-state index contributed by atoms with van der Waals surface area (Å²) in [6.45, 7) is 10.3. The zero-order chi connectivity index (χ0) is 53.6. The Hall–Kier alpha value is -4.32. The van der Waals surface area contributed by atoms with Gasteiger partial charge >= 0.3 is 12.6 Å². The molecule has 73 heavy (non-hydrogen) atoms. The van der Waals surface area contributed by atoms with E-state index in [1.165, 1.54) is 24.1 Å². The van der Waals surface area contributed by atoms with Crippen LogP contribution < -0.4 is 10.1 Å². The number of piperidine rings is 1. The molecule has 4 aliphatic rings. The smallest absolute Gasteiger partial charge is 0.387 e. The average Bonchev–Trinajstić information content (AvgIpc) is 3.35. The van der Waals surface area contributed by atoms with Gasteiger partial charge in [-0.3, -0.25) is 14.4 Å². The largest absolute Gasteiger partial charge is 0.461 e. The lowest BCUT2D eigenvalue weighted by Gasteiger charge is -2.43. The second-order valence-corrected chi connectivity index (χ2v) is 21.6. The molecule has 5 rings (SSSR count). The molecule has 3 unspecified atom stereocenters. The molecule has 1 aromatic rings. The molecule has 15 atom stereocenters. The van der Waals surface area contributed by atoms with Crippen molar-refractivity contribution in [2.24, 2.45) is 35.5 Å². The van der Waals surface area contributed by atoms with E-state index in [1.54, 1.807) is 33.1 Å². The third-order valence-corrected chi connectivity index (χ3v) is 15.7. The molecule has 4 N–H and O–H groups in total. The van der Waals surface area contributed by atoms with E-state index in [0.29, 0.717) is 75.5 Å². The molecule has 1 aliphatic carbocycles. The van der Waals surface area contributed by atoms with Gasteiger partial charge in [0.1, 0.15) is 30.1 Å². The van der Waals surface area contributed by atoms with Gasteiger partial charge in [0.15, 0.2) is 5.78 Å². The summed E-state index contributed by atoms with van der Waals surface area (Å²) < 4.78 is 55.1. The summed E-state index contributed by atoms with van der Waals surface area (Å²) in [4.78, 5) is 58.5. The van der Waals surface area contributed by atoms with E-state index in [2.05, 4.69) is 10.1 Å². The van der Waals surface area contributed by atoms with Crippen molar-refractivity contribution in [3.8, 4) is 5.75 Å². The molecule has 3 heterocycles. The number of ether oxygens (including phenoxy) is 5. The molecule has 408 valence electrons. The second kappa shape index (κ2) is 28.0. The van der Waals surface area contributed by atoms with Crippen molar-refractivity contribution >= 4 is 29.1 Å². The van der Waals surface area contributed by atoms with Crippen molar-refractivity contribution in [1.29, 1.82) is 0 Å². The fourth-order valence-electron chi connectivity index (χ4n) is 11.2. The molecule has 3 aliphatic heterocycles. The molecular formula is C57H84F2N2O12. The van der Waals surface area contributed by atoms with Gasteiger partial charge in [-0.25, -0.2) is 4.79 Å². The zero-order valence-electron chi connectivity index (χ0n) is 44.6. The summed E-state index contributed by atoms with van der Waals surface area (Å²) in [6, 6.07) is 4.55. The number of carbonyl (C=O) groups is 4. The van der Waals surface area contributed by atoms with Crippen molar-refractivity contribution in [1.82, 2.24) is 4.90 Å². The number of alkyl halides is 2. The second-order valence-electron chi connectivity index (χ2n) is 21.6. The number of ketones is 2. The van der Waals surface area contributed by atoms with E-state index in [1.807, 2.05) is 71.1 Å². The van der Waals surface area contributed by atoms with Crippen LogP contribution in [-0.2, 0) is 38.1 Å². The van der Waals surface area contributed by atoms with Gasteiger partial charge in [0.05, 0.1) is 18.3 Å². The van der Waals surface area contributed by atoms with Crippen LogP contribution in [0.5, 0.6) is 5.75 Å². The Bertz CT molecular complexity index is 2110. The Labute approximate surface area is 431 Å². The van der Waals surface area contributed by atoms with Crippen LogP contribution >= 0.6 is 0 Å². The molecule has 1 amide bonds. The maximum Gasteiger partial charge on any atom is 0.387 e. The number of nitrogens with one attached hydrogen (secondary N) is 1. The van der Waals surface area contributed by atoms with Gasteiger partial charge in [-0.1, -0.05) is 82.7 Å². The van der Waals surface area contributed by atoms with Gasteiger partial charge in [0, 0.05) is 50.4 Å². The van der Waals surface area contributed by atoms with Crippen LogP contribution in [0.15, 0.2) is 71.9 Å². The number of rotatable bonds is 9. The predicted octanol–water partition coefficient (Wildman–Crippen LogP) is 9.07. The molecule has 0 aromatic heterocycles. The maximum atomic E-state index is 14.5. The lowest BCUT2D eigenvalue weighted by molar-refractivity contribution is -0.263. The summed E-state index contributed by atoms with van der Waals surface area (Å²) in [6.07, 6.45) is 13.5. The number of cyclic esters (lactones) is 1. The van der Waals surface area contributed by atoms with Crippen molar-refractivity contribution in [2.45, 2.75) is 193 Å². The van der Waals surface area contributed by atoms with Crippen LogP contribution in [0.3, 0.4) is 0 Å². The summed E-state index contributed by atoms with van der Waals surface area (Å²) in [5, 5.41) is 37.7. The Morgan fingerprint density at radius 1 is 0.863 bits per heavy atom. The molecule has 3 fully saturated rings. The molecule has 0 spiro atoms. The standard InChI is InChI=1S/C57H84F2N2O12/c1-34-16-11-10-12-17-36(3)45(60-42-18-15-19-43(32-42)71-56(58)59)33-44-24-22-40(7)57(68,73-44)53(65)54(66)61-27-14-13-20-46(61)55(67)72-48(37(4)30-41-23-25-47(62)49(31-41)69-8)26-21-35(2)29-39(6)51(64)52(70-9)50(63)38(5)28-34/h10-12,15-19,29,32,34-35,37-38,40-41,44-49,51-52,56,60,62,64,68H,13-14,20-28,30-31,33H2,1-9H3/b12-10+,16-11+,36-17+,39-29+/t34-,35+,37-,38-,40-,41?,44+,45?,46?,47-,48+,49-,51-,52+,57-/m1/s1. The number of amides is 1. The lowest BCUT2D eigenvalue weighted by Crippen LogP contribution is -2.61. The first kappa shape index (κ1) is 59.6. The highest BCUT2D eigenvalue weighted by Crippen LogP contribution is 2.38. The summed E-state index contributed by atoms with van der Waals surface area (Å²) in [5.74, 6) is -6.85. The van der Waals surface area contributed by atoms with Crippen LogP contribution in [0.2, 0.25) is 0 Å². The highest BCUT2D eigenvalue weighted by atomic mass is 19.3. The number of nitrogens with zero attached hydrogens (tertiary/aromatic N) is 1. The van der Waals surface area contributed by atoms with Crippen molar-refractivity contribution in [2.75, 3.05) is 26.1 Å². The minimum absolute atomic E-state index is 0.0105. The number of halogens is 2. The first-order valence-corrected chi connectivity index (χ1v) is 26.6. The monoisotopic (exact) mass is 1030 g/mol. The van der Waals surface area contributed by atoms with E-state index >= 15 is 0 Å². The van der Waals surface area contributed by atoms with E-state index in [9.17, 15) is 43.3 Å². The number of anilines is 1. The number of carbonyl (C=O) groups excluding carboxylic acids is 4. The molecule has 16 heteroatoms. The first-order chi connectivity index (χ1) is 34.6. The van der Waals surface area contributed by atoms with E-state index in [-0.39, 0.29) is 60.7 Å². The highest BCUT2D eigenvalue weighted by Gasteiger charge is 2.53. The first-order valence-electron chi connectivity index (χ1n) is 26.6. The van der Waals surface area contributed by atoms with Crippen LogP contribution in [-0.4, -0.2) is 126 Å². The van der Waals surface area contributed by atoms with Crippen LogP contribution in [0.1, 0.15) is 132 Å². The van der Waals surface area contributed by atoms with Gasteiger partial charge in [-0.2, -0.15) is 8.78 Å². The van der Waals surface area contributed by atoms with Crippen LogP contribution in [0.25, 0.3) is 0 Å². The van der Waals surface area contributed by atoms with Crippen molar-refractivity contribution in [3.05, 3.63) is 71.9 Å². The van der Waals surface area contributed by atoms with Gasteiger partial charge < -0.3 is 49.2 Å². The number of Topliss-reactive ketones (excluding diaryl/α,β-unsaturated/α-hetero) is 2. The number of aliphatic hydroxyl groups excluding tert-OH is 2. The summed E-state index contributed by atoms with van der Waals surface area (Å²) in [5.41, 5.74) is 1.85. The minimum Gasteiger partial charge on any atom is -0.461 e. The minimum atomic E-state index is -3.03. The number of methoxy groups -OCH3 is 2. The van der Waals surface area contributed by atoms with Gasteiger partial charge in [0.25, 0.3) is 11.7 Å². The lowest BCUT2D eigenvalue weighted by atomic mass is 9.78. The Morgan fingerprint density at radius 2 is 1.62 bits per heavy atom. The number of hydrogen-bond donors (Lipinski definition) is 4. The Morgan fingerprint density at radius 3 is 2.33 bits per heavy atom. The number of aliphatic hydroxyl groups is 3. The molecule has 1 saturated carbocycles. The SMILES string of the molecule is CO[C@@H]1CC(C[C@@H](C)[C@@H]2CC[C@H](C)/C=C(\C)[C@@H](O)[C@@H](OC)C(=O)[C@H](C)C[C@H](C)/C=C/C=C/C=C(\C)C(Nc3cccc(OC(F)F)c3)C[C@@H]3CC[C@@H](C)[C@@](O)(O3)C(=O)C(=O)N3CCCCC3C(=O)O2)CC[C@H]1O. The summed E-state index contributed by atoms with van der Waals surface area (Å²) in [7, 11) is 3.01. The third kappa shape index (κ3) is 16.6. The van der Waals surface area contributed by atoms with Crippen LogP contribution in [0, 0.1) is 35.5 Å². The molecular weight excluding hydrogens is 943 g/mol. The highest BCUT2D eigenvalue weighted by molar-refractivity contribution is 6.39. The van der Waals surface area contributed by atoms with E-state index < -0.39 is 84.5 Å². The number of fused-ring (bicyclic) bond motifs is 3. The summed E-state index contributed by atoms with van der Waals surface area (Å²) >= 11 is 0. The third-order valence-electron chi connectivity index (χ3n) is 15.7. The van der Waals surface area contributed by atoms with Gasteiger partial charge in [0.2, 0.25) is 5.79 Å². The maximum absolute atomic E-state index is 14.5. The molecule has 2 bridgehead atoms. The van der Waals surface area contributed by atoms with Gasteiger partial charge in [-0.15, -0.1) is 0 Å². The van der Waals surface area contributed by atoms with E-state index in [4.69, 9.17) is 18.9 Å². The Balaban J connectivity index is 1.49. The topological polar surface area (TPSA) is 190 Å². The van der Waals surface area contributed by atoms with Crippen LogP contribution in [0.4, 0.5) is 14.5 Å². The Kier molecular flexibility index (Phi) is 22.8. The fourth-order valence-corrected chi connectivity index (χ4v) is 11.2. The molecule has 14 nitrogen and oxygen atoms in total. The van der Waals surface area contributed by atoms with Gasteiger partial charge in [-0.05, 0) is 139 Å². The predicted molar refractivity (Wildman–Crippen MR) is 274 cm³/mol. The number of hydrogen-bond acceptors (Lipinski definition) is 13. The fraction of sp³-hybridized carbons (Fsp3) is 0.684. The molecule has 1 aromatic carbocycles. The quantitative estimate of drug-likeness (QED) is 0.104. The average molecular weight is 1030 g/mol. The van der Waals surface area contributed by atoms with E-state index in [0.717, 1.165) is 12.0 Å². The van der Waals surface area contributed by atoms with Crippen molar-refractivity contribution < 1.29 is 67.0 Å². The number of benzene rings is 1. The zero-order valence-corrected chi connectivity index (χ0v) is 44.6. The number of esters is 1. The molecule has 0 radical (unpaired) electrons. The van der Waals surface area contributed by atoms with Crippen molar-refractivity contribution in [3.63, 3.8) is 0 Å². The number of allylic oxidation sites excluding steroid dienone is 6.